The number of unbranched alkanes of at least 4 members (excludes halogenated alkanes) is 1. The first-order valence-electron chi connectivity index (χ1n) is 7.43. The predicted molar refractivity (Wildman–Crippen MR) is 85.2 cm³/mol. The van der Waals surface area contributed by atoms with Crippen molar-refractivity contribution in [3.05, 3.63) is 35.9 Å². The molecule has 0 bridgehead atoms. The fourth-order valence-corrected chi connectivity index (χ4v) is 1.97. The number of nitrogens with one attached hydrogen (secondary N) is 1. The Morgan fingerprint density at radius 3 is 2.50 bits per heavy atom. The van der Waals surface area contributed by atoms with Gasteiger partial charge in [-0.05, 0) is 31.4 Å². The topological polar surface area (TPSA) is 84.7 Å². The lowest BCUT2D eigenvalue weighted by molar-refractivity contribution is -0.131. The molecule has 0 radical (unpaired) electrons. The lowest BCUT2D eigenvalue weighted by Gasteiger charge is -2.21. The molecule has 6 heteroatoms. The Labute approximate surface area is 131 Å². The molecule has 0 saturated carbocycles. The van der Waals surface area contributed by atoms with Crippen LogP contribution in [-0.2, 0) is 16.1 Å². The van der Waals surface area contributed by atoms with Gasteiger partial charge in [-0.15, -0.1) is 0 Å². The zero-order valence-electron chi connectivity index (χ0n) is 13.2. The van der Waals surface area contributed by atoms with Gasteiger partial charge in [0.15, 0.2) is 0 Å². The first-order valence-corrected chi connectivity index (χ1v) is 7.43. The van der Waals surface area contributed by atoms with E-state index in [2.05, 4.69) is 5.32 Å². The highest BCUT2D eigenvalue weighted by atomic mass is 16.5. The van der Waals surface area contributed by atoms with Crippen LogP contribution in [0.3, 0.4) is 0 Å². The Kier molecular flexibility index (Phi) is 7.99. The van der Waals surface area contributed by atoms with Crippen molar-refractivity contribution in [1.82, 2.24) is 10.2 Å². The van der Waals surface area contributed by atoms with E-state index in [9.17, 15) is 9.59 Å². The molecule has 1 aromatic carbocycles. The highest BCUT2D eigenvalue weighted by Crippen LogP contribution is 2.05. The van der Waals surface area contributed by atoms with E-state index in [1.54, 1.807) is 14.1 Å². The largest absolute Gasteiger partial charge is 0.445 e. The summed E-state index contributed by atoms with van der Waals surface area (Å²) in [4.78, 5) is 25.4. The van der Waals surface area contributed by atoms with Crippen LogP contribution in [-0.4, -0.2) is 43.6 Å². The van der Waals surface area contributed by atoms with Crippen LogP contribution in [0.5, 0.6) is 0 Å². The van der Waals surface area contributed by atoms with Crippen LogP contribution in [0.15, 0.2) is 30.3 Å². The van der Waals surface area contributed by atoms with E-state index in [-0.39, 0.29) is 12.5 Å². The van der Waals surface area contributed by atoms with Crippen LogP contribution in [0.25, 0.3) is 0 Å². The maximum Gasteiger partial charge on any atom is 0.408 e. The first-order chi connectivity index (χ1) is 10.5. The smallest absolute Gasteiger partial charge is 0.408 e. The summed E-state index contributed by atoms with van der Waals surface area (Å²) in [5.74, 6) is -0.145. The van der Waals surface area contributed by atoms with Gasteiger partial charge in [-0.2, -0.15) is 0 Å². The number of ether oxygens (including phenoxy) is 1. The number of alkyl carbamates (subject to hydrolysis) is 1. The van der Waals surface area contributed by atoms with Gasteiger partial charge in [-0.1, -0.05) is 30.3 Å². The predicted octanol–water partition coefficient (Wildman–Crippen LogP) is 1.50. The van der Waals surface area contributed by atoms with Crippen molar-refractivity contribution >= 4 is 12.0 Å². The standard InChI is InChI=1S/C16H25N3O3/c1-19(2)15(20)14(10-6-7-11-17)18-16(21)22-12-13-8-4-3-5-9-13/h3-5,8-9,14H,6-7,10-12,17H2,1-2H3,(H,18,21)/t14-/m0/s1. The minimum absolute atomic E-state index is 0.145. The Bertz CT molecular complexity index is 463. The van der Waals surface area contributed by atoms with Gasteiger partial charge in [0, 0.05) is 14.1 Å². The molecule has 0 aromatic heterocycles. The van der Waals surface area contributed by atoms with Crippen molar-refractivity contribution in [3.63, 3.8) is 0 Å². The maximum atomic E-state index is 12.1. The van der Waals surface area contributed by atoms with Crippen molar-refractivity contribution in [2.24, 2.45) is 5.73 Å². The number of nitrogens with zero attached hydrogens (tertiary/aromatic N) is 1. The summed E-state index contributed by atoms with van der Waals surface area (Å²) < 4.78 is 5.15. The minimum atomic E-state index is -0.586. The number of carbonyl (C=O) groups excluding carboxylic acids is 2. The molecule has 0 aliphatic carbocycles. The number of benzene rings is 1. The zero-order chi connectivity index (χ0) is 16.4. The third-order valence-electron chi connectivity index (χ3n) is 3.19. The molecule has 0 aliphatic rings. The van der Waals surface area contributed by atoms with E-state index < -0.39 is 12.1 Å². The molecule has 3 N–H and O–H groups in total. The van der Waals surface area contributed by atoms with Gasteiger partial charge in [0.25, 0.3) is 0 Å². The Morgan fingerprint density at radius 1 is 1.23 bits per heavy atom. The van der Waals surface area contributed by atoms with E-state index in [1.807, 2.05) is 30.3 Å². The number of amides is 2. The first kappa shape index (κ1) is 18.0. The molecule has 22 heavy (non-hydrogen) atoms. The average molecular weight is 307 g/mol. The van der Waals surface area contributed by atoms with Crippen LogP contribution in [0, 0.1) is 0 Å². The summed E-state index contributed by atoms with van der Waals surface area (Å²) in [6.45, 7) is 0.750. The summed E-state index contributed by atoms with van der Waals surface area (Å²) >= 11 is 0. The molecular formula is C16H25N3O3. The number of nitrogens with two attached hydrogens (primary N) is 1. The van der Waals surface area contributed by atoms with E-state index in [1.165, 1.54) is 4.90 Å². The van der Waals surface area contributed by atoms with Crippen molar-refractivity contribution < 1.29 is 14.3 Å². The normalized spacial score (nSPS) is 11.6. The summed E-state index contributed by atoms with van der Waals surface area (Å²) in [7, 11) is 3.32. The zero-order valence-corrected chi connectivity index (χ0v) is 13.2. The maximum absolute atomic E-state index is 12.1. The van der Waals surface area contributed by atoms with Crippen molar-refractivity contribution in [1.29, 1.82) is 0 Å². The SMILES string of the molecule is CN(C)C(=O)[C@H](CCCCN)NC(=O)OCc1ccccc1. The van der Waals surface area contributed by atoms with Gasteiger partial charge >= 0.3 is 6.09 Å². The van der Waals surface area contributed by atoms with Gasteiger partial charge in [0.05, 0.1) is 0 Å². The summed E-state index contributed by atoms with van der Waals surface area (Å²) in [6, 6.07) is 8.81. The highest BCUT2D eigenvalue weighted by Gasteiger charge is 2.22. The number of hydrogen-bond acceptors (Lipinski definition) is 4. The number of carbonyl (C=O) groups is 2. The molecule has 122 valence electrons. The summed E-state index contributed by atoms with van der Waals surface area (Å²) in [6.07, 6.45) is 1.56. The minimum Gasteiger partial charge on any atom is -0.445 e. The summed E-state index contributed by atoms with van der Waals surface area (Å²) in [5.41, 5.74) is 6.36. The van der Waals surface area contributed by atoms with Gasteiger partial charge < -0.3 is 20.7 Å². The molecular weight excluding hydrogens is 282 g/mol. The Balaban J connectivity index is 2.48. The van der Waals surface area contributed by atoms with Gasteiger partial charge in [-0.25, -0.2) is 4.79 Å². The van der Waals surface area contributed by atoms with Crippen molar-refractivity contribution in [2.75, 3.05) is 20.6 Å². The van der Waals surface area contributed by atoms with Crippen LogP contribution in [0.2, 0.25) is 0 Å². The van der Waals surface area contributed by atoms with Crippen LogP contribution in [0.1, 0.15) is 24.8 Å². The molecule has 0 spiro atoms. The fourth-order valence-electron chi connectivity index (χ4n) is 1.97. The molecule has 1 atom stereocenters. The quantitative estimate of drug-likeness (QED) is 0.713. The van der Waals surface area contributed by atoms with Crippen LogP contribution in [0.4, 0.5) is 4.79 Å². The molecule has 0 aliphatic heterocycles. The highest BCUT2D eigenvalue weighted by molar-refractivity contribution is 5.85. The van der Waals surface area contributed by atoms with E-state index in [0.29, 0.717) is 13.0 Å². The van der Waals surface area contributed by atoms with Crippen molar-refractivity contribution in [2.45, 2.75) is 31.9 Å². The lowest BCUT2D eigenvalue weighted by atomic mass is 10.1. The van der Waals surface area contributed by atoms with E-state index >= 15 is 0 Å². The van der Waals surface area contributed by atoms with Gasteiger partial charge in [-0.3, -0.25) is 4.79 Å². The third kappa shape index (κ3) is 6.58. The second kappa shape index (κ2) is 9.78. The molecule has 0 saturated heterocycles. The van der Waals surface area contributed by atoms with Gasteiger partial charge in [0.1, 0.15) is 12.6 Å². The van der Waals surface area contributed by atoms with Crippen LogP contribution >= 0.6 is 0 Å². The summed E-state index contributed by atoms with van der Waals surface area (Å²) in [5, 5.41) is 2.63. The fraction of sp³-hybridized carbons (Fsp3) is 0.500. The van der Waals surface area contributed by atoms with Crippen molar-refractivity contribution in [3.8, 4) is 0 Å². The van der Waals surface area contributed by atoms with E-state index in [0.717, 1.165) is 18.4 Å². The molecule has 1 rings (SSSR count). The molecule has 6 nitrogen and oxygen atoms in total. The number of likely N-dealkylation sites (N-methyl/N-ethyl adjacent to an activating group) is 1. The Hall–Kier alpha value is -2.08. The molecule has 0 unspecified atom stereocenters. The molecule has 0 fully saturated rings. The lowest BCUT2D eigenvalue weighted by Crippen LogP contribution is -2.46. The second-order valence-corrected chi connectivity index (χ2v) is 5.28. The molecule has 1 aromatic rings. The van der Waals surface area contributed by atoms with Crippen LogP contribution < -0.4 is 11.1 Å². The van der Waals surface area contributed by atoms with Gasteiger partial charge in [0.2, 0.25) is 5.91 Å². The number of rotatable bonds is 8. The molecule has 2 amide bonds. The Morgan fingerprint density at radius 2 is 1.91 bits per heavy atom. The third-order valence-corrected chi connectivity index (χ3v) is 3.19. The molecule has 0 heterocycles. The second-order valence-electron chi connectivity index (χ2n) is 5.28. The average Bonchev–Trinajstić information content (AvgIpc) is 2.52. The number of hydrogen-bond donors (Lipinski definition) is 2. The monoisotopic (exact) mass is 307 g/mol. The van der Waals surface area contributed by atoms with E-state index in [4.69, 9.17) is 10.5 Å².